The fourth-order valence-corrected chi connectivity index (χ4v) is 1.45. The van der Waals surface area contributed by atoms with Crippen LogP contribution < -0.4 is 10.1 Å². The molecule has 0 fully saturated rings. The number of aryl methyl sites for hydroxylation is 1. The molecule has 0 amide bonds. The van der Waals surface area contributed by atoms with Crippen molar-refractivity contribution in [1.82, 2.24) is 14.8 Å². The van der Waals surface area contributed by atoms with Crippen molar-refractivity contribution in [3.63, 3.8) is 0 Å². The first kappa shape index (κ1) is 13.3. The highest BCUT2D eigenvalue weighted by Gasteiger charge is 2.14. The summed E-state index contributed by atoms with van der Waals surface area (Å²) in [6, 6.07) is 0.747. The molecule has 0 spiro atoms. The summed E-state index contributed by atoms with van der Waals surface area (Å²) in [6.07, 6.45) is 3.78. The summed E-state index contributed by atoms with van der Waals surface area (Å²) in [6.45, 7) is 2.48. The lowest BCUT2D eigenvalue weighted by Gasteiger charge is -2.08. The third-order valence-electron chi connectivity index (χ3n) is 2.34. The maximum Gasteiger partial charge on any atom is 0.258 e. The molecule has 19 heavy (non-hydrogen) atoms. The minimum Gasteiger partial charge on any atom is -0.433 e. The summed E-state index contributed by atoms with van der Waals surface area (Å²) in [7, 11) is 1.70. The summed E-state index contributed by atoms with van der Waals surface area (Å²) < 4.78 is 33.8. The normalized spacial score (nSPS) is 10.5. The largest absolute Gasteiger partial charge is 0.433 e. The van der Waals surface area contributed by atoms with Crippen LogP contribution in [0.4, 0.5) is 14.6 Å². The highest BCUT2D eigenvalue weighted by atomic mass is 19.1. The third-order valence-corrected chi connectivity index (χ3v) is 2.34. The fraction of sp³-hybridized carbons (Fsp3) is 0.333. The molecule has 2 rings (SSSR count). The molecule has 7 heteroatoms. The van der Waals surface area contributed by atoms with Gasteiger partial charge < -0.3 is 10.1 Å². The SMILES string of the molecule is CCCNc1nc(Oc2cnn(C)c2)c(F)cc1F. The van der Waals surface area contributed by atoms with Gasteiger partial charge in [-0.15, -0.1) is 0 Å². The molecule has 0 aliphatic carbocycles. The Bertz CT molecular complexity index is 571. The molecule has 0 aromatic carbocycles. The van der Waals surface area contributed by atoms with Gasteiger partial charge in [0.05, 0.1) is 12.4 Å². The number of ether oxygens (including phenoxy) is 1. The summed E-state index contributed by atoms with van der Waals surface area (Å²) in [5.74, 6) is -1.58. The van der Waals surface area contributed by atoms with Crippen molar-refractivity contribution in [3.8, 4) is 11.6 Å². The molecule has 1 N–H and O–H groups in total. The van der Waals surface area contributed by atoms with Gasteiger partial charge in [0, 0.05) is 19.7 Å². The van der Waals surface area contributed by atoms with Crippen LogP contribution in [0.1, 0.15) is 13.3 Å². The Balaban J connectivity index is 2.24. The van der Waals surface area contributed by atoms with Gasteiger partial charge in [0.1, 0.15) is 0 Å². The number of aromatic nitrogens is 3. The topological polar surface area (TPSA) is 52.0 Å². The van der Waals surface area contributed by atoms with E-state index in [0.717, 1.165) is 12.5 Å². The number of hydrogen-bond donors (Lipinski definition) is 1. The second kappa shape index (κ2) is 5.64. The average molecular weight is 268 g/mol. The van der Waals surface area contributed by atoms with E-state index in [1.54, 1.807) is 13.2 Å². The van der Waals surface area contributed by atoms with Gasteiger partial charge in [0.15, 0.2) is 23.2 Å². The lowest BCUT2D eigenvalue weighted by molar-refractivity contribution is 0.417. The van der Waals surface area contributed by atoms with Crippen molar-refractivity contribution in [3.05, 3.63) is 30.1 Å². The van der Waals surface area contributed by atoms with Crippen molar-refractivity contribution < 1.29 is 13.5 Å². The predicted molar refractivity (Wildman–Crippen MR) is 66.2 cm³/mol. The van der Waals surface area contributed by atoms with Crippen molar-refractivity contribution in [1.29, 1.82) is 0 Å². The number of nitrogens with one attached hydrogen (secondary N) is 1. The minimum absolute atomic E-state index is 0.0258. The van der Waals surface area contributed by atoms with Crippen molar-refractivity contribution in [2.45, 2.75) is 13.3 Å². The van der Waals surface area contributed by atoms with E-state index in [4.69, 9.17) is 4.74 Å². The zero-order chi connectivity index (χ0) is 13.8. The number of rotatable bonds is 5. The van der Waals surface area contributed by atoms with Crippen molar-refractivity contribution in [2.24, 2.45) is 7.05 Å². The molecule has 2 aromatic heterocycles. The monoisotopic (exact) mass is 268 g/mol. The third kappa shape index (κ3) is 3.18. The van der Waals surface area contributed by atoms with Crippen LogP contribution in [-0.2, 0) is 7.05 Å². The molecule has 0 radical (unpaired) electrons. The molecule has 0 aliphatic heterocycles. The second-order valence-corrected chi connectivity index (χ2v) is 3.98. The molecular formula is C12H14F2N4O. The first-order chi connectivity index (χ1) is 9.10. The quantitative estimate of drug-likeness (QED) is 0.905. The Morgan fingerprint density at radius 1 is 1.37 bits per heavy atom. The van der Waals surface area contributed by atoms with Gasteiger partial charge in [-0.25, -0.2) is 8.78 Å². The van der Waals surface area contributed by atoms with Crippen LogP contribution in [0.2, 0.25) is 0 Å². The Labute approximate surface area is 109 Å². The lowest BCUT2D eigenvalue weighted by atomic mass is 10.4. The van der Waals surface area contributed by atoms with E-state index in [1.165, 1.54) is 10.9 Å². The smallest absolute Gasteiger partial charge is 0.258 e. The summed E-state index contributed by atoms with van der Waals surface area (Å²) in [5.41, 5.74) is 0. The molecule has 0 bridgehead atoms. The second-order valence-electron chi connectivity index (χ2n) is 3.98. The van der Waals surface area contributed by atoms with Crippen LogP contribution in [0.5, 0.6) is 11.6 Å². The molecule has 0 unspecified atom stereocenters. The van der Waals surface area contributed by atoms with E-state index in [9.17, 15) is 8.78 Å². The molecular weight excluding hydrogens is 254 g/mol. The number of hydrogen-bond acceptors (Lipinski definition) is 4. The van der Waals surface area contributed by atoms with E-state index in [-0.39, 0.29) is 11.7 Å². The van der Waals surface area contributed by atoms with Gasteiger partial charge in [-0.3, -0.25) is 4.68 Å². The van der Waals surface area contributed by atoms with Crippen LogP contribution in [0.3, 0.4) is 0 Å². The van der Waals surface area contributed by atoms with E-state index in [0.29, 0.717) is 12.3 Å². The van der Waals surface area contributed by atoms with E-state index in [1.807, 2.05) is 6.92 Å². The molecule has 2 aromatic rings. The van der Waals surface area contributed by atoms with Crippen LogP contribution in [0, 0.1) is 11.6 Å². The molecule has 2 heterocycles. The molecule has 102 valence electrons. The number of nitrogens with zero attached hydrogens (tertiary/aromatic N) is 3. The van der Waals surface area contributed by atoms with Gasteiger partial charge in [0.2, 0.25) is 0 Å². The van der Waals surface area contributed by atoms with Crippen LogP contribution >= 0.6 is 0 Å². The van der Waals surface area contributed by atoms with Gasteiger partial charge in [-0.2, -0.15) is 10.1 Å². The van der Waals surface area contributed by atoms with Crippen LogP contribution in [0.15, 0.2) is 18.5 Å². The van der Waals surface area contributed by atoms with Crippen molar-refractivity contribution >= 4 is 5.82 Å². The average Bonchev–Trinajstić information content (AvgIpc) is 2.77. The zero-order valence-electron chi connectivity index (χ0n) is 10.7. The maximum atomic E-state index is 13.6. The maximum absolute atomic E-state index is 13.6. The van der Waals surface area contributed by atoms with Crippen LogP contribution in [-0.4, -0.2) is 21.3 Å². The fourth-order valence-electron chi connectivity index (χ4n) is 1.45. The van der Waals surface area contributed by atoms with Gasteiger partial charge in [0.25, 0.3) is 5.88 Å². The highest BCUT2D eigenvalue weighted by Crippen LogP contribution is 2.25. The van der Waals surface area contributed by atoms with Gasteiger partial charge in [-0.05, 0) is 6.42 Å². The summed E-state index contributed by atoms with van der Waals surface area (Å²) in [5, 5.41) is 6.65. The molecule has 0 saturated carbocycles. The first-order valence-corrected chi connectivity index (χ1v) is 5.86. The highest BCUT2D eigenvalue weighted by molar-refractivity contribution is 5.40. The predicted octanol–water partition coefficient (Wildman–Crippen LogP) is 2.71. The zero-order valence-corrected chi connectivity index (χ0v) is 10.7. The van der Waals surface area contributed by atoms with Crippen LogP contribution in [0.25, 0.3) is 0 Å². The summed E-state index contributed by atoms with van der Waals surface area (Å²) in [4.78, 5) is 3.79. The Hall–Kier alpha value is -2.18. The van der Waals surface area contributed by atoms with Crippen molar-refractivity contribution in [2.75, 3.05) is 11.9 Å². The number of halogens is 2. The molecule has 0 saturated heterocycles. The van der Waals surface area contributed by atoms with E-state index in [2.05, 4.69) is 15.4 Å². The first-order valence-electron chi connectivity index (χ1n) is 5.86. The van der Waals surface area contributed by atoms with E-state index < -0.39 is 11.6 Å². The Morgan fingerprint density at radius 2 is 2.16 bits per heavy atom. The Kier molecular flexibility index (Phi) is 3.94. The molecule has 5 nitrogen and oxygen atoms in total. The Morgan fingerprint density at radius 3 is 2.79 bits per heavy atom. The number of anilines is 1. The van der Waals surface area contributed by atoms with Gasteiger partial charge >= 0.3 is 0 Å². The van der Waals surface area contributed by atoms with Gasteiger partial charge in [-0.1, -0.05) is 6.92 Å². The molecule has 0 atom stereocenters. The lowest BCUT2D eigenvalue weighted by Crippen LogP contribution is -2.06. The standard InChI is InChI=1S/C12H14F2N4O/c1-3-4-15-11-9(13)5-10(14)12(17-11)19-8-6-16-18(2)7-8/h5-7H,3-4H2,1-2H3,(H,15,17). The summed E-state index contributed by atoms with van der Waals surface area (Å²) >= 11 is 0. The minimum atomic E-state index is -0.858. The molecule has 0 aliphatic rings. The van der Waals surface area contributed by atoms with E-state index >= 15 is 0 Å². The number of pyridine rings is 1.